The Morgan fingerprint density at radius 1 is 1.44 bits per heavy atom. The summed E-state index contributed by atoms with van der Waals surface area (Å²) >= 11 is 0. The van der Waals surface area contributed by atoms with Crippen LogP contribution in [0.2, 0.25) is 0 Å². The van der Waals surface area contributed by atoms with Crippen molar-refractivity contribution in [2.24, 2.45) is 0 Å². The second kappa shape index (κ2) is 5.87. The Bertz CT molecular complexity index is 416. The number of nitrogens with one attached hydrogen (secondary N) is 1. The molecule has 0 aromatic heterocycles. The predicted octanol–water partition coefficient (Wildman–Crippen LogP) is 1.41. The topological polar surface area (TPSA) is 41.6 Å². The van der Waals surface area contributed by atoms with Crippen molar-refractivity contribution in [3.05, 3.63) is 29.8 Å². The molecule has 1 aromatic carbocycles. The fourth-order valence-corrected chi connectivity index (χ4v) is 2.08. The van der Waals surface area contributed by atoms with Crippen molar-refractivity contribution >= 4 is 5.91 Å². The maximum atomic E-state index is 12.1. The van der Waals surface area contributed by atoms with E-state index in [4.69, 9.17) is 4.74 Å². The first-order chi connectivity index (χ1) is 8.76. The van der Waals surface area contributed by atoms with Gasteiger partial charge in [0.15, 0.2) is 0 Å². The van der Waals surface area contributed by atoms with Gasteiger partial charge in [0, 0.05) is 18.2 Å². The normalized spacial score (nSPS) is 14.3. The molecule has 1 aliphatic rings. The van der Waals surface area contributed by atoms with E-state index in [0.29, 0.717) is 19.1 Å². The number of amides is 1. The summed E-state index contributed by atoms with van der Waals surface area (Å²) in [6.45, 7) is 1.03. The second-order valence-electron chi connectivity index (χ2n) is 4.59. The van der Waals surface area contributed by atoms with Crippen molar-refractivity contribution in [1.29, 1.82) is 0 Å². The second-order valence-corrected chi connectivity index (χ2v) is 4.59. The molecule has 0 heterocycles. The van der Waals surface area contributed by atoms with E-state index in [1.54, 1.807) is 14.2 Å². The molecule has 0 unspecified atom stereocenters. The fraction of sp³-hybridized carbons (Fsp3) is 0.500. The Hall–Kier alpha value is -1.55. The summed E-state index contributed by atoms with van der Waals surface area (Å²) in [5.41, 5.74) is 1.07. The largest absolute Gasteiger partial charge is 0.496 e. The monoisotopic (exact) mass is 248 g/mol. The number of hydrogen-bond donors (Lipinski definition) is 1. The lowest BCUT2D eigenvalue weighted by Gasteiger charge is -2.23. The highest BCUT2D eigenvalue weighted by atomic mass is 16.5. The fourth-order valence-electron chi connectivity index (χ4n) is 2.08. The number of rotatable bonds is 6. The molecule has 4 nitrogen and oxygen atoms in total. The van der Waals surface area contributed by atoms with Gasteiger partial charge in [-0.15, -0.1) is 0 Å². The number of carbonyl (C=O) groups excluding carboxylic acids is 1. The first-order valence-electron chi connectivity index (χ1n) is 6.32. The maximum absolute atomic E-state index is 12.1. The molecule has 0 saturated heterocycles. The molecule has 0 spiro atoms. The number of likely N-dealkylation sites (N-methyl/N-ethyl adjacent to an activating group) is 1. The van der Waals surface area contributed by atoms with Crippen LogP contribution >= 0.6 is 0 Å². The lowest BCUT2D eigenvalue weighted by atomic mass is 10.2. The third kappa shape index (κ3) is 3.01. The van der Waals surface area contributed by atoms with E-state index in [-0.39, 0.29) is 5.91 Å². The average molecular weight is 248 g/mol. The minimum atomic E-state index is 0.158. The molecule has 1 fully saturated rings. The van der Waals surface area contributed by atoms with Crippen LogP contribution in [0.1, 0.15) is 18.4 Å². The Morgan fingerprint density at radius 3 is 2.78 bits per heavy atom. The van der Waals surface area contributed by atoms with Crippen LogP contribution in [0.15, 0.2) is 24.3 Å². The molecular weight excluding hydrogens is 228 g/mol. The van der Waals surface area contributed by atoms with Gasteiger partial charge < -0.3 is 15.0 Å². The Kier molecular flexibility index (Phi) is 4.20. The highest BCUT2D eigenvalue weighted by molar-refractivity contribution is 5.79. The molecule has 18 heavy (non-hydrogen) atoms. The van der Waals surface area contributed by atoms with Crippen LogP contribution in [0.25, 0.3) is 0 Å². The molecule has 1 aliphatic carbocycles. The summed E-state index contributed by atoms with van der Waals surface area (Å²) in [6.07, 6.45) is 2.23. The number of hydrogen-bond acceptors (Lipinski definition) is 3. The SMILES string of the molecule is CNCC(=O)N(Cc1ccccc1OC)C1CC1. The van der Waals surface area contributed by atoms with Crippen LogP contribution in [-0.4, -0.2) is 37.6 Å². The quantitative estimate of drug-likeness (QED) is 0.827. The molecule has 0 radical (unpaired) electrons. The van der Waals surface area contributed by atoms with Gasteiger partial charge in [-0.2, -0.15) is 0 Å². The summed E-state index contributed by atoms with van der Waals surface area (Å²) in [6, 6.07) is 8.28. The third-order valence-electron chi connectivity index (χ3n) is 3.17. The van der Waals surface area contributed by atoms with Crippen molar-refractivity contribution in [2.45, 2.75) is 25.4 Å². The zero-order chi connectivity index (χ0) is 13.0. The van der Waals surface area contributed by atoms with Crippen molar-refractivity contribution in [2.75, 3.05) is 20.7 Å². The van der Waals surface area contributed by atoms with Gasteiger partial charge in [-0.25, -0.2) is 0 Å². The molecule has 1 aromatic rings. The van der Waals surface area contributed by atoms with E-state index in [1.165, 1.54) is 0 Å². The Balaban J connectivity index is 2.10. The smallest absolute Gasteiger partial charge is 0.237 e. The molecular formula is C14H20N2O2. The molecule has 1 amide bonds. The van der Waals surface area contributed by atoms with Crippen molar-refractivity contribution in [3.63, 3.8) is 0 Å². The summed E-state index contributed by atoms with van der Waals surface area (Å²) in [5.74, 6) is 1.01. The van der Waals surface area contributed by atoms with Gasteiger partial charge in [0.05, 0.1) is 13.7 Å². The maximum Gasteiger partial charge on any atom is 0.237 e. The summed E-state index contributed by atoms with van der Waals surface area (Å²) in [4.78, 5) is 14.0. The van der Waals surface area contributed by atoms with Crippen LogP contribution in [-0.2, 0) is 11.3 Å². The van der Waals surface area contributed by atoms with Gasteiger partial charge in [0.2, 0.25) is 5.91 Å². The van der Waals surface area contributed by atoms with Gasteiger partial charge >= 0.3 is 0 Å². The van der Waals surface area contributed by atoms with Gasteiger partial charge in [-0.1, -0.05) is 18.2 Å². The van der Waals surface area contributed by atoms with Crippen LogP contribution in [0.3, 0.4) is 0 Å². The lowest BCUT2D eigenvalue weighted by Crippen LogP contribution is -2.38. The van der Waals surface area contributed by atoms with Gasteiger partial charge in [0.25, 0.3) is 0 Å². The summed E-state index contributed by atoms with van der Waals surface area (Å²) in [7, 11) is 3.46. The van der Waals surface area contributed by atoms with Gasteiger partial charge in [-0.05, 0) is 26.0 Å². The van der Waals surface area contributed by atoms with E-state index in [1.807, 2.05) is 29.2 Å². The van der Waals surface area contributed by atoms with E-state index < -0.39 is 0 Å². The summed E-state index contributed by atoms with van der Waals surface area (Å²) < 4.78 is 5.33. The highest BCUT2D eigenvalue weighted by Crippen LogP contribution is 2.30. The molecule has 0 atom stereocenters. The first kappa shape index (κ1) is 12.9. The van der Waals surface area contributed by atoms with Gasteiger partial charge in [-0.3, -0.25) is 4.79 Å². The van der Waals surface area contributed by atoms with E-state index in [9.17, 15) is 4.79 Å². The molecule has 4 heteroatoms. The zero-order valence-corrected chi connectivity index (χ0v) is 11.0. The number of nitrogens with zero attached hydrogens (tertiary/aromatic N) is 1. The molecule has 2 rings (SSSR count). The van der Waals surface area contributed by atoms with Crippen LogP contribution in [0.4, 0.5) is 0 Å². The van der Waals surface area contributed by atoms with E-state index in [2.05, 4.69) is 5.32 Å². The highest BCUT2D eigenvalue weighted by Gasteiger charge is 2.32. The number of benzene rings is 1. The van der Waals surface area contributed by atoms with Crippen LogP contribution in [0.5, 0.6) is 5.75 Å². The van der Waals surface area contributed by atoms with Crippen molar-refractivity contribution < 1.29 is 9.53 Å². The lowest BCUT2D eigenvalue weighted by molar-refractivity contribution is -0.131. The third-order valence-corrected chi connectivity index (χ3v) is 3.17. The number of para-hydroxylation sites is 1. The molecule has 98 valence electrons. The number of carbonyl (C=O) groups is 1. The van der Waals surface area contributed by atoms with Crippen LogP contribution in [0, 0.1) is 0 Å². The molecule has 1 N–H and O–H groups in total. The minimum Gasteiger partial charge on any atom is -0.496 e. The van der Waals surface area contributed by atoms with Crippen molar-refractivity contribution in [1.82, 2.24) is 10.2 Å². The Labute approximate surface area is 108 Å². The molecule has 0 bridgehead atoms. The Morgan fingerprint density at radius 2 is 2.17 bits per heavy atom. The number of ether oxygens (including phenoxy) is 1. The van der Waals surface area contributed by atoms with Crippen LogP contribution < -0.4 is 10.1 Å². The predicted molar refractivity (Wildman–Crippen MR) is 70.5 cm³/mol. The number of methoxy groups -OCH3 is 1. The zero-order valence-electron chi connectivity index (χ0n) is 11.0. The van der Waals surface area contributed by atoms with E-state index in [0.717, 1.165) is 24.2 Å². The molecule has 0 aliphatic heterocycles. The minimum absolute atomic E-state index is 0.158. The van der Waals surface area contributed by atoms with E-state index >= 15 is 0 Å². The standard InChI is InChI=1S/C14H20N2O2/c1-15-9-14(17)16(12-7-8-12)10-11-5-3-4-6-13(11)18-2/h3-6,12,15H,7-10H2,1-2H3. The van der Waals surface area contributed by atoms with Gasteiger partial charge in [0.1, 0.15) is 5.75 Å². The molecule has 1 saturated carbocycles. The average Bonchev–Trinajstić information content (AvgIpc) is 3.21. The van der Waals surface area contributed by atoms with Crippen molar-refractivity contribution in [3.8, 4) is 5.75 Å². The summed E-state index contributed by atoms with van der Waals surface area (Å²) in [5, 5.41) is 2.92. The first-order valence-corrected chi connectivity index (χ1v) is 6.32.